The van der Waals surface area contributed by atoms with Crippen LogP contribution in [0.2, 0.25) is 0 Å². The Bertz CT molecular complexity index is 302. The van der Waals surface area contributed by atoms with Crippen LogP contribution in [-0.2, 0) is 9.47 Å². The fourth-order valence-electron chi connectivity index (χ4n) is 3.56. The lowest BCUT2D eigenvalue weighted by atomic mass is 9.79. The molecule has 2 aliphatic rings. The molecule has 0 aliphatic carbocycles. The maximum Gasteiger partial charge on any atom is 0.0972 e. The summed E-state index contributed by atoms with van der Waals surface area (Å²) in [6, 6.07) is 0. The number of likely N-dealkylation sites (tertiary alicyclic amines) is 1. The van der Waals surface area contributed by atoms with Crippen LogP contribution in [0.5, 0.6) is 0 Å². The molecule has 2 N–H and O–H groups in total. The predicted octanol–water partition coefficient (Wildman–Crippen LogP) is 1.19. The van der Waals surface area contributed by atoms with Crippen molar-refractivity contribution in [3.63, 3.8) is 0 Å². The van der Waals surface area contributed by atoms with Crippen LogP contribution in [0.4, 0.5) is 0 Å². The van der Waals surface area contributed by atoms with E-state index in [1.807, 2.05) is 11.8 Å². The Morgan fingerprint density at radius 3 is 2.16 bits per heavy atom. The Morgan fingerprint density at radius 1 is 1.16 bits per heavy atom. The van der Waals surface area contributed by atoms with Gasteiger partial charge in [-0.3, -0.25) is 4.90 Å². The zero-order chi connectivity index (χ0) is 14.1. The number of nitrogens with zero attached hydrogens (tertiary/aromatic N) is 1. The van der Waals surface area contributed by atoms with E-state index in [4.69, 9.17) is 15.2 Å². The van der Waals surface area contributed by atoms with Crippen molar-refractivity contribution in [1.82, 2.24) is 4.90 Å². The van der Waals surface area contributed by atoms with Crippen LogP contribution in [0.1, 0.15) is 20.3 Å². The number of ether oxygens (including phenoxy) is 2. The zero-order valence-corrected chi connectivity index (χ0v) is 13.5. The second-order valence-electron chi connectivity index (χ2n) is 6.72. The van der Waals surface area contributed by atoms with Gasteiger partial charge >= 0.3 is 0 Å². The van der Waals surface area contributed by atoms with Gasteiger partial charge in [-0.05, 0) is 17.6 Å². The Labute approximate surface area is 121 Å². The highest BCUT2D eigenvalue weighted by Crippen LogP contribution is 2.43. The molecule has 2 heterocycles. The summed E-state index contributed by atoms with van der Waals surface area (Å²) in [7, 11) is 3.55. The second-order valence-corrected chi connectivity index (χ2v) is 7.70. The van der Waals surface area contributed by atoms with E-state index < -0.39 is 0 Å². The first-order valence-electron chi connectivity index (χ1n) is 7.05. The maximum atomic E-state index is 6.18. The Balaban J connectivity index is 2.14. The Hall–Kier alpha value is 0.190. The highest BCUT2D eigenvalue weighted by molar-refractivity contribution is 7.99. The van der Waals surface area contributed by atoms with Gasteiger partial charge in [0, 0.05) is 45.1 Å². The molecule has 0 saturated carbocycles. The summed E-state index contributed by atoms with van der Waals surface area (Å²) in [6.45, 7) is 7.28. The van der Waals surface area contributed by atoms with Crippen molar-refractivity contribution in [1.29, 1.82) is 0 Å². The van der Waals surface area contributed by atoms with Crippen molar-refractivity contribution in [2.75, 3.05) is 45.4 Å². The lowest BCUT2D eigenvalue weighted by molar-refractivity contribution is -0.00461. The van der Waals surface area contributed by atoms with Gasteiger partial charge in [-0.2, -0.15) is 11.8 Å². The number of hydrogen-bond acceptors (Lipinski definition) is 5. The topological polar surface area (TPSA) is 47.7 Å². The average Bonchev–Trinajstić information content (AvgIpc) is 2.81. The summed E-state index contributed by atoms with van der Waals surface area (Å²) >= 11 is 2.03. The fourth-order valence-corrected chi connectivity index (χ4v) is 5.10. The van der Waals surface area contributed by atoms with Crippen molar-refractivity contribution in [3.8, 4) is 0 Å². The van der Waals surface area contributed by atoms with Crippen LogP contribution >= 0.6 is 11.8 Å². The van der Waals surface area contributed by atoms with Crippen LogP contribution in [0, 0.1) is 5.41 Å². The molecule has 0 bridgehead atoms. The molecular formula is C14H28N2O2S. The normalized spacial score (nSPS) is 39.6. The summed E-state index contributed by atoms with van der Waals surface area (Å²) in [5.41, 5.74) is 6.64. The zero-order valence-electron chi connectivity index (χ0n) is 12.6. The molecule has 112 valence electrons. The maximum absolute atomic E-state index is 6.18. The van der Waals surface area contributed by atoms with Crippen molar-refractivity contribution in [2.45, 2.75) is 38.0 Å². The summed E-state index contributed by atoms with van der Waals surface area (Å²) in [4.78, 5) is 2.52. The molecule has 0 spiro atoms. The number of nitrogens with two attached hydrogens (primary N) is 1. The number of hydrogen-bond donors (Lipinski definition) is 1. The van der Waals surface area contributed by atoms with E-state index in [1.165, 1.54) is 5.75 Å². The summed E-state index contributed by atoms with van der Waals surface area (Å²) in [5, 5.41) is 0. The molecule has 3 unspecified atom stereocenters. The van der Waals surface area contributed by atoms with Crippen molar-refractivity contribution in [2.24, 2.45) is 11.1 Å². The molecule has 0 aromatic heterocycles. The minimum Gasteiger partial charge on any atom is -0.377 e. The standard InChI is InChI=1S/C14H28N2O2S/c1-13(2)7-14(8-15,10-19-9-13)16-5-11(17-3)12(6-16)18-4/h11-12H,5-10,15H2,1-4H3. The Kier molecular flexibility index (Phi) is 4.83. The third-order valence-electron chi connectivity index (χ3n) is 4.54. The number of methoxy groups -OCH3 is 2. The van der Waals surface area contributed by atoms with Gasteiger partial charge in [0.2, 0.25) is 0 Å². The van der Waals surface area contributed by atoms with Gasteiger partial charge in [0.1, 0.15) is 0 Å². The van der Waals surface area contributed by atoms with Gasteiger partial charge in [-0.25, -0.2) is 0 Å². The van der Waals surface area contributed by atoms with Crippen molar-refractivity contribution < 1.29 is 9.47 Å². The molecule has 2 fully saturated rings. The highest BCUT2D eigenvalue weighted by atomic mass is 32.2. The van der Waals surface area contributed by atoms with Gasteiger partial charge in [-0.1, -0.05) is 13.8 Å². The SMILES string of the molecule is COC1CN(C2(CN)CSCC(C)(C)C2)CC1OC. The molecule has 0 aromatic rings. The third-order valence-corrected chi connectivity index (χ3v) is 6.27. The molecule has 4 nitrogen and oxygen atoms in total. The predicted molar refractivity (Wildman–Crippen MR) is 80.7 cm³/mol. The molecular weight excluding hydrogens is 260 g/mol. The first kappa shape index (κ1) is 15.6. The van der Waals surface area contributed by atoms with Crippen LogP contribution < -0.4 is 5.73 Å². The van der Waals surface area contributed by atoms with E-state index in [0.29, 0.717) is 5.41 Å². The van der Waals surface area contributed by atoms with Crippen molar-refractivity contribution in [3.05, 3.63) is 0 Å². The minimum atomic E-state index is 0.108. The van der Waals surface area contributed by atoms with E-state index in [0.717, 1.165) is 31.8 Å². The third kappa shape index (κ3) is 3.10. The van der Waals surface area contributed by atoms with E-state index in [1.54, 1.807) is 14.2 Å². The molecule has 19 heavy (non-hydrogen) atoms. The molecule has 3 atom stereocenters. The van der Waals surface area contributed by atoms with Crippen LogP contribution in [0.25, 0.3) is 0 Å². The first-order valence-corrected chi connectivity index (χ1v) is 8.20. The first-order chi connectivity index (χ1) is 8.96. The lowest BCUT2D eigenvalue weighted by Gasteiger charge is -2.49. The Morgan fingerprint density at radius 2 is 1.74 bits per heavy atom. The molecule has 5 heteroatoms. The molecule has 2 rings (SSSR count). The fraction of sp³-hybridized carbons (Fsp3) is 1.00. The molecule has 0 amide bonds. The quantitative estimate of drug-likeness (QED) is 0.842. The van der Waals surface area contributed by atoms with Gasteiger partial charge < -0.3 is 15.2 Å². The summed E-state index contributed by atoms with van der Waals surface area (Å²) < 4.78 is 11.1. The van der Waals surface area contributed by atoms with Crippen LogP contribution in [0.3, 0.4) is 0 Å². The highest BCUT2D eigenvalue weighted by Gasteiger charge is 2.48. The summed E-state index contributed by atoms with van der Waals surface area (Å²) in [5.74, 6) is 2.35. The monoisotopic (exact) mass is 288 g/mol. The number of rotatable bonds is 4. The van der Waals surface area contributed by atoms with Gasteiger partial charge in [-0.15, -0.1) is 0 Å². The van der Waals surface area contributed by atoms with Gasteiger partial charge in [0.05, 0.1) is 12.2 Å². The smallest absolute Gasteiger partial charge is 0.0972 e. The van der Waals surface area contributed by atoms with E-state index >= 15 is 0 Å². The minimum absolute atomic E-state index is 0.108. The average molecular weight is 288 g/mol. The molecule has 0 aromatic carbocycles. The molecule has 0 radical (unpaired) electrons. The van der Waals surface area contributed by atoms with E-state index in [9.17, 15) is 0 Å². The lowest BCUT2D eigenvalue weighted by Crippen LogP contribution is -2.59. The summed E-state index contributed by atoms with van der Waals surface area (Å²) in [6.07, 6.45) is 1.50. The van der Waals surface area contributed by atoms with E-state index in [2.05, 4.69) is 18.7 Å². The van der Waals surface area contributed by atoms with Gasteiger partial charge in [0.25, 0.3) is 0 Å². The van der Waals surface area contributed by atoms with E-state index in [-0.39, 0.29) is 17.7 Å². The largest absolute Gasteiger partial charge is 0.377 e. The van der Waals surface area contributed by atoms with Crippen molar-refractivity contribution >= 4 is 11.8 Å². The van der Waals surface area contributed by atoms with Crippen LogP contribution in [0.15, 0.2) is 0 Å². The molecule has 2 saturated heterocycles. The number of thioether (sulfide) groups is 1. The second kappa shape index (κ2) is 5.90. The molecule has 2 aliphatic heterocycles. The van der Waals surface area contributed by atoms with Crippen LogP contribution in [-0.4, -0.2) is 68.0 Å². The van der Waals surface area contributed by atoms with Gasteiger partial charge in [0.15, 0.2) is 0 Å².